The molecule has 0 atom stereocenters. The summed E-state index contributed by atoms with van der Waals surface area (Å²) in [5.41, 5.74) is 0. The van der Waals surface area contributed by atoms with Crippen LogP contribution in [-0.4, -0.2) is 30.8 Å². The molecule has 13 heavy (non-hydrogen) atoms. The molecule has 1 aliphatic heterocycles. The maximum atomic E-state index is 11.3. The molecule has 0 aliphatic carbocycles. The second kappa shape index (κ2) is 5.44. The molecule has 0 aromatic heterocycles. The Bertz CT molecular complexity index is 224. The number of amides is 2. The van der Waals surface area contributed by atoms with Gasteiger partial charge in [0, 0.05) is 13.0 Å². The van der Waals surface area contributed by atoms with Gasteiger partial charge >= 0.3 is 6.03 Å². The zero-order valence-corrected chi connectivity index (χ0v) is 7.80. The molecular weight excluding hydrogens is 168 g/mol. The number of rotatable bonds is 2. The molecule has 1 saturated heterocycles. The van der Waals surface area contributed by atoms with E-state index in [1.165, 1.54) is 5.06 Å². The largest absolute Gasteiger partial charge is 0.341 e. The van der Waals surface area contributed by atoms with Gasteiger partial charge in [-0.3, -0.25) is 4.84 Å². The lowest BCUT2D eigenvalue weighted by atomic mass is 10.4. The van der Waals surface area contributed by atoms with Crippen molar-refractivity contribution in [2.24, 2.45) is 0 Å². The van der Waals surface area contributed by atoms with E-state index in [2.05, 4.69) is 17.2 Å². The fourth-order valence-electron chi connectivity index (χ4n) is 1.05. The molecule has 2 amide bonds. The van der Waals surface area contributed by atoms with Crippen LogP contribution < -0.4 is 5.32 Å². The monoisotopic (exact) mass is 182 g/mol. The van der Waals surface area contributed by atoms with Crippen LogP contribution in [0.2, 0.25) is 0 Å². The summed E-state index contributed by atoms with van der Waals surface area (Å²) >= 11 is 0. The van der Waals surface area contributed by atoms with Gasteiger partial charge in [-0.15, -0.1) is 11.8 Å². The molecule has 1 fully saturated rings. The first-order chi connectivity index (χ1) is 6.34. The molecule has 0 spiro atoms. The molecule has 72 valence electrons. The second-order valence-electron chi connectivity index (χ2n) is 2.70. The predicted octanol–water partition coefficient (Wildman–Crippen LogP) is 0.747. The van der Waals surface area contributed by atoms with E-state index in [0.29, 0.717) is 26.1 Å². The van der Waals surface area contributed by atoms with Gasteiger partial charge in [-0.1, -0.05) is 0 Å². The zero-order chi connectivity index (χ0) is 9.52. The molecule has 1 aliphatic rings. The number of nitrogens with one attached hydrogen (secondary N) is 1. The molecule has 1 rings (SSSR count). The van der Waals surface area contributed by atoms with Gasteiger partial charge in [0.2, 0.25) is 0 Å². The third-order valence-electron chi connectivity index (χ3n) is 1.68. The van der Waals surface area contributed by atoms with Crippen molar-refractivity contribution in [1.82, 2.24) is 10.4 Å². The number of carbonyl (C=O) groups is 1. The van der Waals surface area contributed by atoms with Crippen molar-refractivity contribution >= 4 is 6.03 Å². The third kappa shape index (κ3) is 3.34. The number of nitrogens with zero attached hydrogens (tertiary/aromatic N) is 1. The minimum Gasteiger partial charge on any atom is -0.335 e. The predicted molar refractivity (Wildman–Crippen MR) is 48.7 cm³/mol. The third-order valence-corrected chi connectivity index (χ3v) is 1.68. The molecule has 0 aromatic rings. The van der Waals surface area contributed by atoms with Crippen molar-refractivity contribution in [3.05, 3.63) is 0 Å². The molecule has 0 saturated carbocycles. The van der Waals surface area contributed by atoms with Crippen molar-refractivity contribution in [3.63, 3.8) is 0 Å². The highest BCUT2D eigenvalue weighted by atomic mass is 16.7. The minimum absolute atomic E-state index is 0.157. The van der Waals surface area contributed by atoms with E-state index in [1.807, 2.05) is 0 Å². The van der Waals surface area contributed by atoms with Gasteiger partial charge in [-0.05, 0) is 13.3 Å². The van der Waals surface area contributed by atoms with E-state index in [1.54, 1.807) is 6.92 Å². The fraction of sp³-hybridized carbons (Fsp3) is 0.667. The fourth-order valence-corrected chi connectivity index (χ4v) is 1.05. The summed E-state index contributed by atoms with van der Waals surface area (Å²) in [6, 6.07) is -0.157. The Kier molecular flexibility index (Phi) is 4.13. The highest BCUT2D eigenvalue weighted by Crippen LogP contribution is 2.03. The van der Waals surface area contributed by atoms with Crippen LogP contribution in [0.1, 0.15) is 19.8 Å². The smallest absolute Gasteiger partial charge is 0.335 e. The maximum absolute atomic E-state index is 11.3. The number of urea groups is 1. The summed E-state index contributed by atoms with van der Waals surface area (Å²) < 4.78 is 0. The zero-order valence-electron chi connectivity index (χ0n) is 7.80. The SMILES string of the molecule is CC#CCCNC(=O)N1CCCO1. The van der Waals surface area contributed by atoms with Gasteiger partial charge in [0.25, 0.3) is 0 Å². The normalized spacial score (nSPS) is 15.0. The van der Waals surface area contributed by atoms with Gasteiger partial charge in [0.05, 0.1) is 13.2 Å². The first-order valence-corrected chi connectivity index (χ1v) is 4.42. The Morgan fingerprint density at radius 1 is 1.69 bits per heavy atom. The lowest BCUT2D eigenvalue weighted by Crippen LogP contribution is -2.37. The van der Waals surface area contributed by atoms with Crippen molar-refractivity contribution < 1.29 is 9.63 Å². The molecular formula is C9H14N2O2. The van der Waals surface area contributed by atoms with Crippen LogP contribution in [-0.2, 0) is 4.84 Å². The van der Waals surface area contributed by atoms with E-state index >= 15 is 0 Å². The van der Waals surface area contributed by atoms with E-state index in [9.17, 15) is 4.79 Å². The summed E-state index contributed by atoms with van der Waals surface area (Å²) in [5, 5.41) is 4.08. The first kappa shape index (κ1) is 9.87. The van der Waals surface area contributed by atoms with Crippen LogP contribution in [0.25, 0.3) is 0 Å². The number of hydroxylamine groups is 2. The molecule has 4 nitrogen and oxygen atoms in total. The van der Waals surface area contributed by atoms with Gasteiger partial charge in [-0.2, -0.15) is 0 Å². The van der Waals surface area contributed by atoms with Crippen molar-refractivity contribution in [2.45, 2.75) is 19.8 Å². The summed E-state index contributed by atoms with van der Waals surface area (Å²) in [4.78, 5) is 16.3. The highest BCUT2D eigenvalue weighted by Gasteiger charge is 2.17. The van der Waals surface area contributed by atoms with Crippen LogP contribution in [0.4, 0.5) is 4.79 Å². The molecule has 1 heterocycles. The number of hydrogen-bond donors (Lipinski definition) is 1. The van der Waals surface area contributed by atoms with Crippen LogP contribution in [0, 0.1) is 11.8 Å². The second-order valence-corrected chi connectivity index (χ2v) is 2.70. The topological polar surface area (TPSA) is 41.6 Å². The van der Waals surface area contributed by atoms with Gasteiger partial charge in [-0.25, -0.2) is 9.86 Å². The average Bonchev–Trinajstić information content (AvgIpc) is 2.65. The molecule has 1 N–H and O–H groups in total. The maximum Gasteiger partial charge on any atom is 0.341 e. The minimum atomic E-state index is -0.157. The van der Waals surface area contributed by atoms with Gasteiger partial charge in [0.15, 0.2) is 0 Å². The van der Waals surface area contributed by atoms with Crippen LogP contribution in [0.3, 0.4) is 0 Å². The lowest BCUT2D eigenvalue weighted by Gasteiger charge is -2.13. The van der Waals surface area contributed by atoms with Crippen LogP contribution in [0.5, 0.6) is 0 Å². The Morgan fingerprint density at radius 2 is 2.54 bits per heavy atom. The van der Waals surface area contributed by atoms with Crippen molar-refractivity contribution in [2.75, 3.05) is 19.7 Å². The van der Waals surface area contributed by atoms with Crippen molar-refractivity contribution in [1.29, 1.82) is 0 Å². The molecule has 0 aromatic carbocycles. The Labute approximate surface area is 78.2 Å². The summed E-state index contributed by atoms with van der Waals surface area (Å²) in [6.45, 7) is 3.69. The van der Waals surface area contributed by atoms with E-state index < -0.39 is 0 Å². The number of carbonyl (C=O) groups excluding carboxylic acids is 1. The van der Waals surface area contributed by atoms with Crippen LogP contribution >= 0.6 is 0 Å². The van der Waals surface area contributed by atoms with Gasteiger partial charge in [0.1, 0.15) is 0 Å². The van der Waals surface area contributed by atoms with Crippen LogP contribution in [0.15, 0.2) is 0 Å². The van der Waals surface area contributed by atoms with E-state index in [0.717, 1.165) is 6.42 Å². The van der Waals surface area contributed by atoms with E-state index in [-0.39, 0.29) is 6.03 Å². The lowest BCUT2D eigenvalue weighted by molar-refractivity contribution is -0.0661. The Hall–Kier alpha value is -1.21. The first-order valence-electron chi connectivity index (χ1n) is 4.42. The average molecular weight is 182 g/mol. The summed E-state index contributed by atoms with van der Waals surface area (Å²) in [6.07, 6.45) is 1.61. The van der Waals surface area contributed by atoms with Crippen molar-refractivity contribution in [3.8, 4) is 11.8 Å². The highest BCUT2D eigenvalue weighted by molar-refractivity contribution is 5.73. The molecule has 0 radical (unpaired) electrons. The Balaban J connectivity index is 2.12. The summed E-state index contributed by atoms with van der Waals surface area (Å²) in [5.74, 6) is 5.63. The van der Waals surface area contributed by atoms with Gasteiger partial charge < -0.3 is 5.32 Å². The standard InChI is InChI=1S/C9H14N2O2/c1-2-3-4-6-10-9(12)11-7-5-8-13-11/h4-8H2,1H3,(H,10,12). The molecule has 4 heteroatoms. The Morgan fingerprint density at radius 3 is 3.15 bits per heavy atom. The molecule has 0 bridgehead atoms. The quantitative estimate of drug-likeness (QED) is 0.505. The number of hydrogen-bond acceptors (Lipinski definition) is 2. The molecule has 0 unspecified atom stereocenters. The summed E-state index contributed by atoms with van der Waals surface area (Å²) in [7, 11) is 0. The van der Waals surface area contributed by atoms with E-state index in [4.69, 9.17) is 4.84 Å².